The Balaban J connectivity index is 3.05. The summed E-state index contributed by atoms with van der Waals surface area (Å²) < 4.78 is 36.3. The highest BCUT2D eigenvalue weighted by Crippen LogP contribution is 2.39. The maximum Gasteiger partial charge on any atom is 0.446 e. The molecule has 0 aliphatic carbocycles. The maximum atomic E-state index is 12.1. The fourth-order valence-electron chi connectivity index (χ4n) is 1.20. The Labute approximate surface area is 99.3 Å². The molecule has 8 heteroatoms. The van der Waals surface area contributed by atoms with Crippen molar-refractivity contribution in [3.8, 4) is 0 Å². The highest BCUT2D eigenvalue weighted by Gasteiger charge is 2.30. The first-order chi connectivity index (χ1) is 7.83. The summed E-state index contributed by atoms with van der Waals surface area (Å²) in [6.07, 6.45) is 0. The lowest BCUT2D eigenvalue weighted by molar-refractivity contribution is -0.384. The van der Waals surface area contributed by atoms with Crippen LogP contribution in [-0.2, 0) is 0 Å². The van der Waals surface area contributed by atoms with E-state index in [-0.39, 0.29) is 28.0 Å². The summed E-state index contributed by atoms with van der Waals surface area (Å²) in [7, 11) is 0. The molecular weight excluding hydrogens is 257 g/mol. The van der Waals surface area contributed by atoms with Crippen LogP contribution in [0.2, 0.25) is 0 Å². The molecule has 0 amide bonds. The number of alkyl halides is 3. The van der Waals surface area contributed by atoms with Gasteiger partial charge in [0.2, 0.25) is 0 Å². The SMILES string of the molecule is CCNc1ccc(SC(F)(F)F)cc1[N+](=O)[O-]. The van der Waals surface area contributed by atoms with Gasteiger partial charge in [0.25, 0.3) is 5.69 Å². The zero-order chi connectivity index (χ0) is 13.1. The number of nitrogens with one attached hydrogen (secondary N) is 1. The Hall–Kier alpha value is -1.44. The molecule has 0 spiro atoms. The van der Waals surface area contributed by atoms with E-state index in [4.69, 9.17) is 0 Å². The Morgan fingerprint density at radius 1 is 1.47 bits per heavy atom. The number of hydrogen-bond donors (Lipinski definition) is 1. The van der Waals surface area contributed by atoms with Crippen molar-refractivity contribution in [2.75, 3.05) is 11.9 Å². The van der Waals surface area contributed by atoms with Crippen molar-refractivity contribution in [3.63, 3.8) is 0 Å². The molecule has 1 aromatic rings. The number of nitro groups is 1. The average molecular weight is 266 g/mol. The van der Waals surface area contributed by atoms with Crippen molar-refractivity contribution in [1.82, 2.24) is 0 Å². The van der Waals surface area contributed by atoms with E-state index in [0.29, 0.717) is 6.54 Å². The third kappa shape index (κ3) is 4.14. The lowest BCUT2D eigenvalue weighted by atomic mass is 10.2. The quantitative estimate of drug-likeness (QED) is 0.513. The standard InChI is InChI=1S/C9H9F3N2O2S/c1-2-13-7-4-3-6(17-9(10,11)12)5-8(7)14(15)16/h3-5,13H,2H2,1H3. The molecule has 1 rings (SSSR count). The molecule has 0 aliphatic heterocycles. The van der Waals surface area contributed by atoms with E-state index in [1.165, 1.54) is 12.1 Å². The second-order valence-electron chi connectivity index (χ2n) is 3.01. The first kappa shape index (κ1) is 13.6. The molecule has 0 saturated carbocycles. The number of halogens is 3. The topological polar surface area (TPSA) is 55.2 Å². The van der Waals surface area contributed by atoms with Crippen LogP contribution in [-0.4, -0.2) is 17.0 Å². The third-order valence-corrected chi connectivity index (χ3v) is 2.49. The summed E-state index contributed by atoms with van der Waals surface area (Å²) in [6, 6.07) is 3.38. The van der Waals surface area contributed by atoms with Crippen molar-refractivity contribution in [2.45, 2.75) is 17.3 Å². The molecule has 0 heterocycles. The lowest BCUT2D eigenvalue weighted by Gasteiger charge is -2.08. The van der Waals surface area contributed by atoms with Crippen LogP contribution in [0.15, 0.2) is 23.1 Å². The van der Waals surface area contributed by atoms with E-state index >= 15 is 0 Å². The summed E-state index contributed by atoms with van der Waals surface area (Å²) in [6.45, 7) is 2.19. The van der Waals surface area contributed by atoms with Gasteiger partial charge in [0.1, 0.15) is 5.69 Å². The van der Waals surface area contributed by atoms with Crippen LogP contribution in [0.25, 0.3) is 0 Å². The highest BCUT2D eigenvalue weighted by molar-refractivity contribution is 8.00. The van der Waals surface area contributed by atoms with E-state index < -0.39 is 10.4 Å². The van der Waals surface area contributed by atoms with E-state index in [1.54, 1.807) is 6.92 Å². The second kappa shape index (κ2) is 5.26. The summed E-state index contributed by atoms with van der Waals surface area (Å²) in [4.78, 5) is 9.78. The molecular formula is C9H9F3N2O2S. The molecule has 0 saturated heterocycles. The normalized spacial score (nSPS) is 11.3. The lowest BCUT2D eigenvalue weighted by Crippen LogP contribution is -2.03. The van der Waals surface area contributed by atoms with E-state index in [2.05, 4.69) is 5.32 Å². The zero-order valence-electron chi connectivity index (χ0n) is 8.75. The number of rotatable bonds is 4. The second-order valence-corrected chi connectivity index (χ2v) is 4.15. The van der Waals surface area contributed by atoms with Crippen LogP contribution in [0.5, 0.6) is 0 Å². The predicted molar refractivity (Wildman–Crippen MR) is 59.2 cm³/mol. The van der Waals surface area contributed by atoms with E-state index in [1.807, 2.05) is 0 Å². The Kier molecular flexibility index (Phi) is 4.22. The molecule has 0 radical (unpaired) electrons. The molecule has 1 aromatic carbocycles. The van der Waals surface area contributed by atoms with Crippen LogP contribution in [0, 0.1) is 10.1 Å². The largest absolute Gasteiger partial charge is 0.446 e. The number of nitrogens with zero attached hydrogens (tertiary/aromatic N) is 1. The van der Waals surface area contributed by atoms with Gasteiger partial charge >= 0.3 is 5.51 Å². The number of thioether (sulfide) groups is 1. The maximum absolute atomic E-state index is 12.1. The predicted octanol–water partition coefficient (Wildman–Crippen LogP) is 3.64. The fraction of sp³-hybridized carbons (Fsp3) is 0.333. The Morgan fingerprint density at radius 2 is 2.12 bits per heavy atom. The van der Waals surface area contributed by atoms with Gasteiger partial charge in [-0.1, -0.05) is 0 Å². The van der Waals surface area contributed by atoms with Crippen molar-refractivity contribution in [1.29, 1.82) is 0 Å². The summed E-state index contributed by atoms with van der Waals surface area (Å²) in [5.41, 5.74) is -4.60. The molecule has 0 atom stereocenters. The minimum Gasteiger partial charge on any atom is -0.380 e. The first-order valence-corrected chi connectivity index (χ1v) is 5.43. The van der Waals surface area contributed by atoms with E-state index in [9.17, 15) is 23.3 Å². The van der Waals surface area contributed by atoms with Crippen LogP contribution in [0.3, 0.4) is 0 Å². The Morgan fingerprint density at radius 3 is 2.59 bits per heavy atom. The molecule has 4 nitrogen and oxygen atoms in total. The van der Waals surface area contributed by atoms with Crippen molar-refractivity contribution < 1.29 is 18.1 Å². The van der Waals surface area contributed by atoms with Crippen LogP contribution >= 0.6 is 11.8 Å². The highest BCUT2D eigenvalue weighted by atomic mass is 32.2. The molecule has 1 N–H and O–H groups in total. The summed E-state index contributed by atoms with van der Waals surface area (Å²) in [5, 5.41) is 13.4. The van der Waals surface area contributed by atoms with Crippen LogP contribution in [0.4, 0.5) is 24.5 Å². The first-order valence-electron chi connectivity index (χ1n) is 4.61. The van der Waals surface area contributed by atoms with Gasteiger partial charge in [-0.25, -0.2) is 0 Å². The van der Waals surface area contributed by atoms with Gasteiger partial charge in [-0.15, -0.1) is 0 Å². The third-order valence-electron chi connectivity index (χ3n) is 1.77. The van der Waals surface area contributed by atoms with Gasteiger partial charge in [0.05, 0.1) is 4.92 Å². The van der Waals surface area contributed by atoms with Crippen molar-refractivity contribution >= 4 is 23.1 Å². The molecule has 0 fully saturated rings. The van der Waals surface area contributed by atoms with Gasteiger partial charge < -0.3 is 5.32 Å². The van der Waals surface area contributed by atoms with Crippen molar-refractivity contribution in [2.24, 2.45) is 0 Å². The smallest absolute Gasteiger partial charge is 0.380 e. The zero-order valence-corrected chi connectivity index (χ0v) is 9.56. The van der Waals surface area contributed by atoms with Gasteiger partial charge in [-0.05, 0) is 30.8 Å². The summed E-state index contributed by atoms with van der Waals surface area (Å²) in [5.74, 6) is 0. The van der Waals surface area contributed by atoms with Gasteiger partial charge in [0, 0.05) is 17.5 Å². The molecule has 0 bridgehead atoms. The van der Waals surface area contributed by atoms with Crippen molar-refractivity contribution in [3.05, 3.63) is 28.3 Å². The minimum absolute atomic E-state index is 0.203. The Bertz CT molecular complexity index is 423. The van der Waals surface area contributed by atoms with Gasteiger partial charge in [-0.2, -0.15) is 13.2 Å². The molecule has 0 aromatic heterocycles. The van der Waals surface area contributed by atoms with Gasteiger partial charge in [0.15, 0.2) is 0 Å². The molecule has 0 unspecified atom stereocenters. The number of hydrogen-bond acceptors (Lipinski definition) is 4. The number of benzene rings is 1. The van der Waals surface area contributed by atoms with Crippen LogP contribution < -0.4 is 5.32 Å². The summed E-state index contributed by atoms with van der Waals surface area (Å²) >= 11 is -0.373. The number of nitro benzene ring substituents is 1. The monoisotopic (exact) mass is 266 g/mol. The molecule has 0 aliphatic rings. The molecule has 94 valence electrons. The van der Waals surface area contributed by atoms with E-state index in [0.717, 1.165) is 6.07 Å². The minimum atomic E-state index is -4.45. The molecule has 17 heavy (non-hydrogen) atoms. The van der Waals surface area contributed by atoms with Crippen LogP contribution in [0.1, 0.15) is 6.92 Å². The number of anilines is 1. The average Bonchev–Trinajstić information content (AvgIpc) is 2.18. The fourth-order valence-corrected chi connectivity index (χ4v) is 1.77. The van der Waals surface area contributed by atoms with Gasteiger partial charge in [-0.3, -0.25) is 10.1 Å².